The topological polar surface area (TPSA) is 47.3 Å². The van der Waals surface area contributed by atoms with Gasteiger partial charge in [-0.15, -0.1) is 0 Å². The zero-order valence-corrected chi connectivity index (χ0v) is 11.4. The average Bonchev–Trinajstić information content (AvgIpc) is 2.94. The molecule has 1 heterocycles. The van der Waals surface area contributed by atoms with Gasteiger partial charge in [0, 0.05) is 12.0 Å². The molecule has 0 fully saturated rings. The van der Waals surface area contributed by atoms with Crippen LogP contribution in [0.4, 0.5) is 8.78 Å². The molecule has 1 aliphatic heterocycles. The number of nitrogens with one attached hydrogen (secondary N) is 1. The van der Waals surface area contributed by atoms with Crippen molar-refractivity contribution >= 4 is 0 Å². The van der Waals surface area contributed by atoms with Gasteiger partial charge in [0.2, 0.25) is 0 Å². The number of benzene rings is 2. The van der Waals surface area contributed by atoms with Crippen LogP contribution in [0.15, 0.2) is 36.4 Å². The zero-order valence-electron chi connectivity index (χ0n) is 11.4. The van der Waals surface area contributed by atoms with Crippen LogP contribution in [0.2, 0.25) is 0 Å². The maximum absolute atomic E-state index is 13.8. The van der Waals surface area contributed by atoms with Crippen LogP contribution in [0, 0.1) is 11.6 Å². The van der Waals surface area contributed by atoms with Gasteiger partial charge < -0.3 is 4.74 Å². The van der Waals surface area contributed by atoms with Crippen molar-refractivity contribution in [3.63, 3.8) is 0 Å². The van der Waals surface area contributed by atoms with E-state index in [1.165, 1.54) is 18.2 Å². The minimum Gasteiger partial charge on any atom is -0.493 e. The molecule has 3 nitrogen and oxygen atoms in total. The van der Waals surface area contributed by atoms with Gasteiger partial charge in [-0.25, -0.2) is 8.78 Å². The van der Waals surface area contributed by atoms with Gasteiger partial charge in [-0.3, -0.25) is 11.3 Å². The first-order valence-corrected chi connectivity index (χ1v) is 6.83. The molecule has 1 unspecified atom stereocenters. The molecule has 0 radical (unpaired) electrons. The lowest BCUT2D eigenvalue weighted by atomic mass is 9.96. The fraction of sp³-hybridized carbons (Fsp3) is 0.250. The summed E-state index contributed by atoms with van der Waals surface area (Å²) in [5, 5.41) is 0. The van der Waals surface area contributed by atoms with Crippen LogP contribution in [-0.4, -0.2) is 6.61 Å². The lowest BCUT2D eigenvalue weighted by molar-refractivity contribution is 0.356. The standard InChI is InChI=1S/C16H16F2N2O/c17-13-2-1-3-14(18)12(13)9-15(20-19)10-4-5-16-11(8-10)6-7-21-16/h1-5,8,15,20H,6-7,9,19H2. The quantitative estimate of drug-likeness (QED) is 0.672. The molecule has 0 saturated carbocycles. The van der Waals surface area contributed by atoms with Crippen molar-refractivity contribution in [2.75, 3.05) is 6.61 Å². The number of ether oxygens (including phenoxy) is 1. The van der Waals surface area contributed by atoms with Gasteiger partial charge in [0.05, 0.1) is 12.6 Å². The molecule has 0 saturated heterocycles. The van der Waals surface area contributed by atoms with Crippen molar-refractivity contribution in [2.45, 2.75) is 18.9 Å². The molecule has 1 atom stereocenters. The van der Waals surface area contributed by atoms with Gasteiger partial charge >= 0.3 is 0 Å². The largest absolute Gasteiger partial charge is 0.493 e. The Balaban J connectivity index is 1.89. The van der Waals surface area contributed by atoms with Crippen molar-refractivity contribution in [2.24, 2.45) is 5.84 Å². The van der Waals surface area contributed by atoms with E-state index in [4.69, 9.17) is 10.6 Å². The lowest BCUT2D eigenvalue weighted by Gasteiger charge is -2.18. The molecular formula is C16H16F2N2O. The van der Waals surface area contributed by atoms with Gasteiger partial charge in [-0.2, -0.15) is 0 Å². The van der Waals surface area contributed by atoms with Gasteiger partial charge in [0.15, 0.2) is 0 Å². The molecule has 0 bridgehead atoms. The van der Waals surface area contributed by atoms with E-state index in [1.54, 1.807) is 0 Å². The van der Waals surface area contributed by atoms with Crippen molar-refractivity contribution in [1.29, 1.82) is 0 Å². The minimum absolute atomic E-state index is 0.0391. The fourth-order valence-corrected chi connectivity index (χ4v) is 2.63. The molecule has 2 aromatic rings. The van der Waals surface area contributed by atoms with Crippen LogP contribution in [0.5, 0.6) is 5.75 Å². The third-order valence-corrected chi connectivity index (χ3v) is 3.79. The smallest absolute Gasteiger partial charge is 0.129 e. The highest BCUT2D eigenvalue weighted by Gasteiger charge is 2.19. The summed E-state index contributed by atoms with van der Waals surface area (Å²) >= 11 is 0. The van der Waals surface area contributed by atoms with E-state index in [-0.39, 0.29) is 18.0 Å². The second-order valence-corrected chi connectivity index (χ2v) is 5.09. The molecule has 2 aromatic carbocycles. The van der Waals surface area contributed by atoms with Gasteiger partial charge in [-0.1, -0.05) is 18.2 Å². The number of fused-ring (bicyclic) bond motifs is 1. The molecule has 0 aromatic heterocycles. The summed E-state index contributed by atoms with van der Waals surface area (Å²) < 4.78 is 33.0. The monoisotopic (exact) mass is 290 g/mol. The van der Waals surface area contributed by atoms with E-state index < -0.39 is 11.6 Å². The first-order chi connectivity index (χ1) is 10.2. The average molecular weight is 290 g/mol. The molecule has 0 amide bonds. The van der Waals surface area contributed by atoms with Crippen LogP contribution in [0.25, 0.3) is 0 Å². The molecule has 110 valence electrons. The summed E-state index contributed by atoms with van der Waals surface area (Å²) in [6.07, 6.45) is 0.989. The Kier molecular flexibility index (Phi) is 3.86. The molecule has 1 aliphatic rings. The third-order valence-electron chi connectivity index (χ3n) is 3.79. The number of nitrogens with two attached hydrogens (primary N) is 1. The molecule has 3 rings (SSSR count). The number of hydrogen-bond donors (Lipinski definition) is 2. The number of rotatable bonds is 4. The van der Waals surface area contributed by atoms with E-state index in [9.17, 15) is 8.78 Å². The van der Waals surface area contributed by atoms with E-state index in [1.807, 2.05) is 18.2 Å². The normalized spacial score (nSPS) is 14.6. The molecule has 5 heteroatoms. The van der Waals surface area contributed by atoms with E-state index in [2.05, 4.69) is 5.43 Å². The van der Waals surface area contributed by atoms with Crippen molar-refractivity contribution in [3.05, 3.63) is 64.7 Å². The Morgan fingerprint density at radius 2 is 1.95 bits per heavy atom. The van der Waals surface area contributed by atoms with E-state index in [0.717, 1.165) is 23.3 Å². The molecule has 3 N–H and O–H groups in total. The van der Waals surface area contributed by atoms with Crippen LogP contribution < -0.4 is 16.0 Å². The number of hydrazine groups is 1. The molecule has 21 heavy (non-hydrogen) atoms. The Hall–Kier alpha value is -1.98. The van der Waals surface area contributed by atoms with Gasteiger partial charge in [0.1, 0.15) is 17.4 Å². The fourth-order valence-electron chi connectivity index (χ4n) is 2.63. The molecular weight excluding hydrogens is 274 g/mol. The second-order valence-electron chi connectivity index (χ2n) is 5.09. The van der Waals surface area contributed by atoms with Crippen LogP contribution in [0.3, 0.4) is 0 Å². The van der Waals surface area contributed by atoms with Crippen LogP contribution in [-0.2, 0) is 12.8 Å². The highest BCUT2D eigenvalue weighted by Crippen LogP contribution is 2.29. The maximum Gasteiger partial charge on any atom is 0.129 e. The Labute approximate surface area is 121 Å². The van der Waals surface area contributed by atoms with E-state index >= 15 is 0 Å². The highest BCUT2D eigenvalue weighted by atomic mass is 19.1. The summed E-state index contributed by atoms with van der Waals surface area (Å²) in [6.45, 7) is 0.668. The summed E-state index contributed by atoms with van der Waals surface area (Å²) in [6, 6.07) is 9.22. The number of halogens is 2. The van der Waals surface area contributed by atoms with Gasteiger partial charge in [0.25, 0.3) is 0 Å². The van der Waals surface area contributed by atoms with Crippen molar-refractivity contribution in [1.82, 2.24) is 5.43 Å². The summed E-state index contributed by atoms with van der Waals surface area (Å²) in [4.78, 5) is 0. The predicted octanol–water partition coefficient (Wildman–Crippen LogP) is 2.65. The van der Waals surface area contributed by atoms with Gasteiger partial charge in [-0.05, 0) is 35.7 Å². The summed E-state index contributed by atoms with van der Waals surface area (Å²) in [5.74, 6) is 5.33. The predicted molar refractivity (Wildman–Crippen MR) is 75.8 cm³/mol. The maximum atomic E-state index is 13.8. The summed E-state index contributed by atoms with van der Waals surface area (Å²) in [7, 11) is 0. The third kappa shape index (κ3) is 2.75. The van der Waals surface area contributed by atoms with Crippen molar-refractivity contribution < 1.29 is 13.5 Å². The molecule has 0 spiro atoms. The summed E-state index contributed by atoms with van der Waals surface area (Å²) in [5.41, 5.74) is 4.67. The second kappa shape index (κ2) is 5.79. The lowest BCUT2D eigenvalue weighted by Crippen LogP contribution is -2.30. The SMILES string of the molecule is NNC(Cc1c(F)cccc1F)c1ccc2c(c1)CCO2. The first-order valence-electron chi connectivity index (χ1n) is 6.83. The Morgan fingerprint density at radius 3 is 2.67 bits per heavy atom. The Morgan fingerprint density at radius 1 is 1.19 bits per heavy atom. The van der Waals surface area contributed by atoms with E-state index in [0.29, 0.717) is 6.61 Å². The van der Waals surface area contributed by atoms with Crippen LogP contribution in [0.1, 0.15) is 22.7 Å². The van der Waals surface area contributed by atoms with Crippen molar-refractivity contribution in [3.8, 4) is 5.75 Å². The number of hydrogen-bond acceptors (Lipinski definition) is 3. The molecule has 0 aliphatic carbocycles. The minimum atomic E-state index is -0.556. The highest BCUT2D eigenvalue weighted by molar-refractivity contribution is 5.41. The zero-order chi connectivity index (χ0) is 14.8. The first kappa shape index (κ1) is 14.0. The van der Waals surface area contributed by atoms with Crippen LogP contribution >= 0.6 is 0 Å². The Bertz CT molecular complexity index is 640.